The molecular weight excluding hydrogens is 227 g/mol. The molecule has 1 aromatic rings. The lowest BCUT2D eigenvalue weighted by atomic mass is 10.2. The van der Waals surface area contributed by atoms with Crippen molar-refractivity contribution in [2.24, 2.45) is 0 Å². The van der Waals surface area contributed by atoms with Crippen LogP contribution in [0, 0.1) is 5.82 Å². The van der Waals surface area contributed by atoms with E-state index >= 15 is 0 Å². The molecule has 0 aromatic heterocycles. The zero-order valence-electron chi connectivity index (χ0n) is 9.20. The van der Waals surface area contributed by atoms with Crippen LogP contribution in [0.1, 0.15) is 0 Å². The molecule has 1 heterocycles. The van der Waals surface area contributed by atoms with Gasteiger partial charge in [0.25, 0.3) is 0 Å². The fraction of sp³-hybridized carbons (Fsp3) is 0.273. The van der Waals surface area contributed by atoms with Crippen molar-refractivity contribution < 1.29 is 18.7 Å². The number of rotatable bonds is 2. The Hall–Kier alpha value is -2.11. The molecule has 0 atom stereocenters. The molecule has 1 aliphatic rings. The van der Waals surface area contributed by atoms with Gasteiger partial charge in [-0.25, -0.2) is 4.39 Å². The highest BCUT2D eigenvalue weighted by Gasteiger charge is 2.24. The van der Waals surface area contributed by atoms with Crippen molar-refractivity contribution in [3.8, 4) is 5.75 Å². The van der Waals surface area contributed by atoms with Crippen LogP contribution in [-0.4, -0.2) is 32.0 Å². The van der Waals surface area contributed by atoms with Gasteiger partial charge >= 0.3 is 0 Å². The summed E-state index contributed by atoms with van der Waals surface area (Å²) in [5.41, 5.74) is 0.350. The van der Waals surface area contributed by atoms with Crippen molar-refractivity contribution in [2.75, 3.05) is 25.1 Å². The molecule has 2 rings (SSSR count). The maximum Gasteiger partial charge on any atom is 0.246 e. The fourth-order valence-electron chi connectivity index (χ4n) is 1.62. The summed E-state index contributed by atoms with van der Waals surface area (Å²) in [7, 11) is 1.36. The standard InChI is InChI=1S/C11H11FN2O3/c1-17-9-3-2-7(4-8(9)12)14-6-10(15)13-5-11(14)16/h2-4H,5-6H2,1H3,(H,13,15). The largest absolute Gasteiger partial charge is 0.494 e. The molecule has 5 nitrogen and oxygen atoms in total. The summed E-state index contributed by atoms with van der Waals surface area (Å²) < 4.78 is 18.2. The molecule has 17 heavy (non-hydrogen) atoms. The lowest BCUT2D eigenvalue weighted by Gasteiger charge is -2.26. The molecule has 2 amide bonds. The van der Waals surface area contributed by atoms with Gasteiger partial charge in [0.2, 0.25) is 11.8 Å². The number of carbonyl (C=O) groups is 2. The van der Waals surface area contributed by atoms with E-state index in [9.17, 15) is 14.0 Å². The van der Waals surface area contributed by atoms with E-state index in [0.29, 0.717) is 5.69 Å². The molecule has 0 aliphatic carbocycles. The van der Waals surface area contributed by atoms with Crippen molar-refractivity contribution in [1.29, 1.82) is 0 Å². The molecule has 90 valence electrons. The van der Waals surface area contributed by atoms with Crippen LogP contribution < -0.4 is 15.0 Å². The number of benzene rings is 1. The SMILES string of the molecule is COc1ccc(N2CC(=O)NCC2=O)cc1F. The summed E-state index contributed by atoms with van der Waals surface area (Å²) in [4.78, 5) is 24.0. The predicted octanol–water partition coefficient (Wildman–Crippen LogP) is 0.297. The summed E-state index contributed by atoms with van der Waals surface area (Å²) in [6, 6.07) is 4.14. The number of piperazine rings is 1. The third-order valence-corrected chi connectivity index (χ3v) is 2.49. The van der Waals surface area contributed by atoms with Crippen LogP contribution in [0.5, 0.6) is 5.75 Å². The van der Waals surface area contributed by atoms with E-state index in [0.717, 1.165) is 0 Å². The maximum absolute atomic E-state index is 13.5. The van der Waals surface area contributed by atoms with Gasteiger partial charge in [0, 0.05) is 11.8 Å². The third-order valence-electron chi connectivity index (χ3n) is 2.49. The van der Waals surface area contributed by atoms with Crippen molar-refractivity contribution in [3.05, 3.63) is 24.0 Å². The highest BCUT2D eigenvalue weighted by Crippen LogP contribution is 2.24. The Morgan fingerprint density at radius 3 is 2.82 bits per heavy atom. The Morgan fingerprint density at radius 2 is 2.18 bits per heavy atom. The Kier molecular flexibility index (Phi) is 2.95. The van der Waals surface area contributed by atoms with Crippen LogP contribution in [0.15, 0.2) is 18.2 Å². The van der Waals surface area contributed by atoms with Crippen LogP contribution >= 0.6 is 0 Å². The molecule has 0 spiro atoms. The van der Waals surface area contributed by atoms with Crippen molar-refractivity contribution >= 4 is 17.5 Å². The van der Waals surface area contributed by atoms with Gasteiger partial charge in [-0.2, -0.15) is 0 Å². The van der Waals surface area contributed by atoms with Gasteiger partial charge in [-0.1, -0.05) is 0 Å². The van der Waals surface area contributed by atoms with Crippen molar-refractivity contribution in [3.63, 3.8) is 0 Å². The first kappa shape index (κ1) is 11.4. The van der Waals surface area contributed by atoms with Gasteiger partial charge in [-0.15, -0.1) is 0 Å². The highest BCUT2D eigenvalue weighted by atomic mass is 19.1. The number of hydrogen-bond acceptors (Lipinski definition) is 3. The van der Waals surface area contributed by atoms with Crippen LogP contribution in [0.25, 0.3) is 0 Å². The number of hydrogen-bond donors (Lipinski definition) is 1. The molecular formula is C11H11FN2O3. The molecule has 1 aromatic carbocycles. The number of anilines is 1. The first-order valence-electron chi connectivity index (χ1n) is 5.02. The van der Waals surface area contributed by atoms with E-state index in [4.69, 9.17) is 4.74 Å². The van der Waals surface area contributed by atoms with Crippen LogP contribution in [0.3, 0.4) is 0 Å². The molecule has 1 aliphatic heterocycles. The van der Waals surface area contributed by atoms with E-state index in [2.05, 4.69) is 5.32 Å². The van der Waals surface area contributed by atoms with Gasteiger partial charge in [0.05, 0.1) is 13.7 Å². The number of carbonyl (C=O) groups excluding carboxylic acids is 2. The Balaban J connectivity index is 2.29. The minimum Gasteiger partial charge on any atom is -0.494 e. The smallest absolute Gasteiger partial charge is 0.246 e. The second-order valence-electron chi connectivity index (χ2n) is 3.58. The molecule has 1 N–H and O–H groups in total. The summed E-state index contributed by atoms with van der Waals surface area (Å²) >= 11 is 0. The zero-order chi connectivity index (χ0) is 12.4. The first-order chi connectivity index (χ1) is 8.11. The van der Waals surface area contributed by atoms with Gasteiger partial charge < -0.3 is 15.0 Å². The van der Waals surface area contributed by atoms with E-state index in [1.807, 2.05) is 0 Å². The monoisotopic (exact) mass is 238 g/mol. The molecule has 0 radical (unpaired) electrons. The summed E-state index contributed by atoms with van der Waals surface area (Å²) in [6.07, 6.45) is 0. The van der Waals surface area contributed by atoms with E-state index in [1.165, 1.54) is 24.1 Å². The highest BCUT2D eigenvalue weighted by molar-refractivity contribution is 6.04. The van der Waals surface area contributed by atoms with Crippen molar-refractivity contribution in [2.45, 2.75) is 0 Å². The average Bonchev–Trinajstić information content (AvgIpc) is 2.32. The summed E-state index contributed by atoms with van der Waals surface area (Å²) in [5, 5.41) is 2.42. The topological polar surface area (TPSA) is 58.6 Å². The normalized spacial score (nSPS) is 15.8. The maximum atomic E-state index is 13.5. The van der Waals surface area contributed by atoms with Crippen molar-refractivity contribution in [1.82, 2.24) is 5.32 Å². The van der Waals surface area contributed by atoms with Gasteiger partial charge in [0.15, 0.2) is 11.6 Å². The Labute approximate surface area is 97.2 Å². The lowest BCUT2D eigenvalue weighted by Crippen LogP contribution is -2.51. The van der Waals surface area contributed by atoms with Crippen LogP contribution in [-0.2, 0) is 9.59 Å². The van der Waals surface area contributed by atoms with Gasteiger partial charge in [0.1, 0.15) is 6.54 Å². The minimum absolute atomic E-state index is 0.0630. The number of halogens is 1. The molecule has 0 saturated carbocycles. The van der Waals surface area contributed by atoms with Crippen LogP contribution in [0.4, 0.5) is 10.1 Å². The Bertz CT molecular complexity index is 476. The second-order valence-corrected chi connectivity index (χ2v) is 3.58. The van der Waals surface area contributed by atoms with E-state index in [1.54, 1.807) is 6.07 Å². The predicted molar refractivity (Wildman–Crippen MR) is 58.3 cm³/mol. The van der Waals surface area contributed by atoms with Gasteiger partial charge in [-0.05, 0) is 12.1 Å². The molecule has 1 fully saturated rings. The lowest BCUT2D eigenvalue weighted by molar-refractivity contribution is -0.128. The molecule has 0 unspecified atom stereocenters. The number of amides is 2. The van der Waals surface area contributed by atoms with Crippen LogP contribution in [0.2, 0.25) is 0 Å². The summed E-state index contributed by atoms with van der Waals surface area (Å²) in [6.45, 7) is -0.156. The second kappa shape index (κ2) is 4.40. The van der Waals surface area contributed by atoms with Gasteiger partial charge in [-0.3, -0.25) is 9.59 Å². The van der Waals surface area contributed by atoms with E-state index < -0.39 is 5.82 Å². The van der Waals surface area contributed by atoms with E-state index in [-0.39, 0.29) is 30.7 Å². The number of ether oxygens (including phenoxy) is 1. The fourth-order valence-corrected chi connectivity index (χ4v) is 1.62. The average molecular weight is 238 g/mol. The molecule has 1 saturated heterocycles. The minimum atomic E-state index is -0.566. The molecule has 6 heteroatoms. The number of nitrogens with zero attached hydrogens (tertiary/aromatic N) is 1. The first-order valence-corrected chi connectivity index (χ1v) is 5.02. The number of methoxy groups -OCH3 is 1. The summed E-state index contributed by atoms with van der Waals surface area (Å²) in [5.74, 6) is -0.999. The Morgan fingerprint density at radius 1 is 1.41 bits per heavy atom. The third kappa shape index (κ3) is 2.20. The number of nitrogens with one attached hydrogen (secondary N) is 1. The quantitative estimate of drug-likeness (QED) is 0.806. The molecule has 0 bridgehead atoms. The zero-order valence-corrected chi connectivity index (χ0v) is 9.20.